The van der Waals surface area contributed by atoms with Crippen molar-refractivity contribution < 1.29 is 19.1 Å². The van der Waals surface area contributed by atoms with Gasteiger partial charge in [-0.05, 0) is 24.6 Å². The lowest BCUT2D eigenvalue weighted by atomic mass is 10.2. The van der Waals surface area contributed by atoms with Crippen LogP contribution in [-0.2, 0) is 19.1 Å². The van der Waals surface area contributed by atoms with Crippen LogP contribution in [0.25, 0.3) is 0 Å². The zero-order valence-corrected chi connectivity index (χ0v) is 14.4. The molecular formula is C17H25N3O4. The minimum Gasteiger partial charge on any atom is -0.385 e. The second kappa shape index (κ2) is 10.4. The summed E-state index contributed by atoms with van der Waals surface area (Å²) in [5.41, 5.74) is 1.21. The number of carbonyl (C=O) groups excluding carboxylic acids is 3. The molecule has 7 heteroatoms. The largest absolute Gasteiger partial charge is 0.385 e. The Bertz CT molecular complexity index is 575. The van der Waals surface area contributed by atoms with E-state index < -0.39 is 0 Å². The van der Waals surface area contributed by atoms with Crippen LogP contribution in [0.3, 0.4) is 0 Å². The summed E-state index contributed by atoms with van der Waals surface area (Å²) in [7, 11) is 1.61. The lowest BCUT2D eigenvalue weighted by molar-refractivity contribution is -0.129. The van der Waals surface area contributed by atoms with Crippen LogP contribution in [0, 0.1) is 0 Å². The molecule has 1 rings (SSSR count). The highest BCUT2D eigenvalue weighted by atomic mass is 16.5. The number of nitrogens with one attached hydrogen (secondary N) is 2. The van der Waals surface area contributed by atoms with Gasteiger partial charge >= 0.3 is 0 Å². The first-order valence-corrected chi connectivity index (χ1v) is 7.84. The van der Waals surface area contributed by atoms with E-state index in [0.717, 1.165) is 6.42 Å². The van der Waals surface area contributed by atoms with E-state index in [4.69, 9.17) is 4.74 Å². The predicted octanol–water partition coefficient (Wildman–Crippen LogP) is 1.86. The molecule has 0 saturated heterocycles. The van der Waals surface area contributed by atoms with Gasteiger partial charge in [-0.15, -0.1) is 0 Å². The van der Waals surface area contributed by atoms with Crippen LogP contribution < -0.4 is 10.6 Å². The summed E-state index contributed by atoms with van der Waals surface area (Å²) in [6, 6.07) is 6.91. The summed E-state index contributed by atoms with van der Waals surface area (Å²) in [5.74, 6) is -0.425. The monoisotopic (exact) mass is 335 g/mol. The van der Waals surface area contributed by atoms with E-state index in [1.54, 1.807) is 36.3 Å². The molecule has 0 aromatic heterocycles. The third kappa shape index (κ3) is 7.73. The Labute approximate surface area is 142 Å². The quantitative estimate of drug-likeness (QED) is 0.674. The Morgan fingerprint density at radius 3 is 2.33 bits per heavy atom. The van der Waals surface area contributed by atoms with Crippen LogP contribution in [0.2, 0.25) is 0 Å². The molecule has 0 saturated carbocycles. The molecule has 0 spiro atoms. The summed E-state index contributed by atoms with van der Waals surface area (Å²) in [6.07, 6.45) is 0.938. The van der Waals surface area contributed by atoms with Crippen molar-refractivity contribution in [3.63, 3.8) is 0 Å². The van der Waals surface area contributed by atoms with Crippen molar-refractivity contribution in [2.75, 3.05) is 37.4 Å². The van der Waals surface area contributed by atoms with E-state index in [9.17, 15) is 14.4 Å². The van der Waals surface area contributed by atoms with Gasteiger partial charge in [-0.1, -0.05) is 6.07 Å². The van der Waals surface area contributed by atoms with Crippen LogP contribution in [0.5, 0.6) is 0 Å². The van der Waals surface area contributed by atoms with Crippen molar-refractivity contribution in [1.82, 2.24) is 4.90 Å². The molecule has 1 aromatic carbocycles. The summed E-state index contributed by atoms with van der Waals surface area (Å²) >= 11 is 0. The van der Waals surface area contributed by atoms with Crippen molar-refractivity contribution in [2.24, 2.45) is 0 Å². The zero-order valence-electron chi connectivity index (χ0n) is 14.4. The molecule has 0 heterocycles. The molecule has 0 bridgehead atoms. The number of carbonyl (C=O) groups is 3. The van der Waals surface area contributed by atoms with Crippen LogP contribution in [-0.4, -0.2) is 49.4 Å². The smallest absolute Gasteiger partial charge is 0.226 e. The maximum Gasteiger partial charge on any atom is 0.226 e. The average Bonchev–Trinajstić information content (AvgIpc) is 2.50. The van der Waals surface area contributed by atoms with Gasteiger partial charge in [-0.3, -0.25) is 14.4 Å². The van der Waals surface area contributed by atoms with E-state index in [1.165, 1.54) is 13.8 Å². The van der Waals surface area contributed by atoms with Crippen LogP contribution in [0.1, 0.15) is 26.7 Å². The second-order valence-electron chi connectivity index (χ2n) is 5.41. The number of nitrogens with zero attached hydrogens (tertiary/aromatic N) is 1. The SMILES string of the molecule is COCCCN(CCC(=O)Nc1cccc(NC(C)=O)c1)C(C)=O. The highest BCUT2D eigenvalue weighted by Gasteiger charge is 2.11. The number of hydrogen-bond donors (Lipinski definition) is 2. The van der Waals surface area contributed by atoms with Crippen molar-refractivity contribution >= 4 is 29.1 Å². The fourth-order valence-corrected chi connectivity index (χ4v) is 2.16. The van der Waals surface area contributed by atoms with E-state index in [0.29, 0.717) is 31.1 Å². The molecule has 132 valence electrons. The van der Waals surface area contributed by atoms with E-state index in [2.05, 4.69) is 10.6 Å². The molecule has 24 heavy (non-hydrogen) atoms. The normalized spacial score (nSPS) is 10.1. The first-order valence-electron chi connectivity index (χ1n) is 7.84. The Morgan fingerprint density at radius 2 is 1.75 bits per heavy atom. The molecule has 0 atom stereocenters. The van der Waals surface area contributed by atoms with Crippen molar-refractivity contribution in [3.05, 3.63) is 24.3 Å². The number of methoxy groups -OCH3 is 1. The topological polar surface area (TPSA) is 87.7 Å². The number of amides is 3. The van der Waals surface area contributed by atoms with Gasteiger partial charge < -0.3 is 20.3 Å². The molecule has 0 aliphatic carbocycles. The zero-order chi connectivity index (χ0) is 17.9. The van der Waals surface area contributed by atoms with Crippen LogP contribution in [0.15, 0.2) is 24.3 Å². The average molecular weight is 335 g/mol. The predicted molar refractivity (Wildman–Crippen MR) is 92.7 cm³/mol. The van der Waals surface area contributed by atoms with Gasteiger partial charge in [0.2, 0.25) is 17.7 Å². The maximum absolute atomic E-state index is 12.0. The molecule has 0 radical (unpaired) electrons. The lowest BCUT2D eigenvalue weighted by Crippen LogP contribution is -2.33. The van der Waals surface area contributed by atoms with E-state index >= 15 is 0 Å². The number of anilines is 2. The highest BCUT2D eigenvalue weighted by Crippen LogP contribution is 2.15. The first kappa shape index (κ1) is 19.6. The molecular weight excluding hydrogens is 310 g/mol. The number of hydrogen-bond acceptors (Lipinski definition) is 4. The third-order valence-corrected chi connectivity index (χ3v) is 3.30. The van der Waals surface area contributed by atoms with Gasteiger partial charge in [-0.2, -0.15) is 0 Å². The molecule has 0 fully saturated rings. The molecule has 7 nitrogen and oxygen atoms in total. The number of ether oxygens (including phenoxy) is 1. The van der Waals surface area contributed by atoms with E-state index in [-0.39, 0.29) is 24.1 Å². The van der Waals surface area contributed by atoms with Gasteiger partial charge in [-0.25, -0.2) is 0 Å². The van der Waals surface area contributed by atoms with Gasteiger partial charge in [0.1, 0.15) is 0 Å². The Morgan fingerprint density at radius 1 is 1.08 bits per heavy atom. The molecule has 1 aromatic rings. The maximum atomic E-state index is 12.0. The fourth-order valence-electron chi connectivity index (χ4n) is 2.16. The molecule has 2 N–H and O–H groups in total. The van der Waals surface area contributed by atoms with Crippen molar-refractivity contribution in [3.8, 4) is 0 Å². The molecule has 0 unspecified atom stereocenters. The highest BCUT2D eigenvalue weighted by molar-refractivity contribution is 5.93. The summed E-state index contributed by atoms with van der Waals surface area (Å²) < 4.78 is 4.97. The van der Waals surface area contributed by atoms with Gasteiger partial charge in [0, 0.05) is 58.4 Å². The van der Waals surface area contributed by atoms with Crippen molar-refractivity contribution in [1.29, 1.82) is 0 Å². The summed E-state index contributed by atoms with van der Waals surface area (Å²) in [6.45, 7) is 4.41. The standard InChI is InChI=1S/C17H25N3O4/c1-13(21)18-15-6-4-7-16(12-15)19-17(23)8-10-20(14(2)22)9-5-11-24-3/h4,6-7,12H,5,8-11H2,1-3H3,(H,18,21)(H,19,23). The summed E-state index contributed by atoms with van der Waals surface area (Å²) in [4.78, 5) is 36.3. The second-order valence-corrected chi connectivity index (χ2v) is 5.41. The molecule has 3 amide bonds. The van der Waals surface area contributed by atoms with Crippen molar-refractivity contribution in [2.45, 2.75) is 26.7 Å². The third-order valence-electron chi connectivity index (χ3n) is 3.30. The lowest BCUT2D eigenvalue weighted by Gasteiger charge is -2.20. The van der Waals surface area contributed by atoms with Gasteiger partial charge in [0.15, 0.2) is 0 Å². The Hall–Kier alpha value is -2.41. The Kier molecular flexibility index (Phi) is 8.49. The first-order chi connectivity index (χ1) is 11.4. The number of rotatable bonds is 9. The number of benzene rings is 1. The van der Waals surface area contributed by atoms with E-state index in [1.807, 2.05) is 0 Å². The minimum atomic E-state index is -0.187. The molecule has 0 aliphatic rings. The minimum absolute atomic E-state index is 0.0634. The fraction of sp³-hybridized carbons (Fsp3) is 0.471. The van der Waals surface area contributed by atoms with Crippen LogP contribution in [0.4, 0.5) is 11.4 Å². The molecule has 0 aliphatic heterocycles. The van der Waals surface area contributed by atoms with Crippen LogP contribution >= 0.6 is 0 Å². The van der Waals surface area contributed by atoms with Gasteiger partial charge in [0.05, 0.1) is 0 Å². The van der Waals surface area contributed by atoms with Gasteiger partial charge in [0.25, 0.3) is 0 Å². The Balaban J connectivity index is 2.49. The summed E-state index contributed by atoms with van der Waals surface area (Å²) in [5, 5.41) is 5.42.